The average Bonchev–Trinajstić information content (AvgIpc) is 3.33. The van der Waals surface area contributed by atoms with Crippen LogP contribution in [-0.4, -0.2) is 57.6 Å². The van der Waals surface area contributed by atoms with Gasteiger partial charge in [-0.15, -0.1) is 0 Å². The summed E-state index contributed by atoms with van der Waals surface area (Å²) in [6, 6.07) is 2.08. The van der Waals surface area contributed by atoms with Crippen molar-refractivity contribution in [3.05, 3.63) is 21.9 Å². The molecule has 162 valence electrons. The summed E-state index contributed by atoms with van der Waals surface area (Å²) in [4.78, 5) is 24.0. The second-order valence-corrected chi connectivity index (χ2v) is 11.1. The number of quaternary nitrogens is 1. The molecule has 0 aliphatic carbocycles. The first-order valence-corrected chi connectivity index (χ1v) is 11.9. The third kappa shape index (κ3) is 3.39. The van der Waals surface area contributed by atoms with Crippen molar-refractivity contribution in [1.82, 2.24) is 19.4 Å². The van der Waals surface area contributed by atoms with Crippen LogP contribution >= 0.6 is 27.7 Å². The van der Waals surface area contributed by atoms with Gasteiger partial charge in [0.15, 0.2) is 17.5 Å². The van der Waals surface area contributed by atoms with Gasteiger partial charge in [0, 0.05) is 0 Å². The van der Waals surface area contributed by atoms with Crippen LogP contribution in [0.3, 0.4) is 0 Å². The third-order valence-electron chi connectivity index (χ3n) is 5.78. The fraction of sp³-hybridized carbons (Fsp3) is 0.571. The fourth-order valence-corrected chi connectivity index (χ4v) is 5.22. The predicted molar refractivity (Wildman–Crippen MR) is 121 cm³/mol. The highest BCUT2D eigenvalue weighted by Crippen LogP contribution is 2.50. The summed E-state index contributed by atoms with van der Waals surface area (Å²) in [6.45, 7) is 12.9. The number of carbonyl (C=O) groups is 1. The van der Waals surface area contributed by atoms with E-state index in [1.54, 1.807) is 4.90 Å². The smallest absolute Gasteiger partial charge is 0.415 e. The minimum absolute atomic E-state index is 0.0422. The zero-order valence-corrected chi connectivity index (χ0v) is 20.5. The highest BCUT2D eigenvalue weighted by molar-refractivity contribution is 9.10. The molecule has 0 saturated carbocycles. The lowest BCUT2D eigenvalue weighted by Crippen LogP contribution is -2.39. The Hall–Kier alpha value is -1.45. The summed E-state index contributed by atoms with van der Waals surface area (Å²) in [5, 5.41) is 1.28. The highest BCUT2D eigenvalue weighted by Gasteiger charge is 2.71. The van der Waals surface area contributed by atoms with Crippen molar-refractivity contribution in [3.8, 4) is 0 Å². The molecule has 0 radical (unpaired) electrons. The number of hydrogen-bond donors (Lipinski definition) is 0. The molecule has 1 aromatic heterocycles. The molecule has 9 heteroatoms. The molecule has 6 nitrogen and oxygen atoms in total. The standard InChI is InChI=1S/C21H27BrFN4O2S/c1-7-30-19-24-17-13(8-11(2)15(22)16(17)23)18(25-19)27-10-14(27)26(9-12(27)3)20(28)29-21(4,5)6/h8,12,14H,7,9-10H2,1-6H3/q+1/t12-,14-,27?/m0/s1. The molecule has 2 fully saturated rings. The minimum Gasteiger partial charge on any atom is -0.444 e. The van der Waals surface area contributed by atoms with E-state index in [4.69, 9.17) is 9.72 Å². The largest absolute Gasteiger partial charge is 0.444 e. The maximum Gasteiger partial charge on any atom is 0.415 e. The van der Waals surface area contributed by atoms with E-state index in [-0.39, 0.29) is 24.1 Å². The number of piperazine rings is 1. The number of amides is 1. The van der Waals surface area contributed by atoms with Gasteiger partial charge in [-0.1, -0.05) is 18.7 Å². The number of carbonyl (C=O) groups excluding carboxylic acids is 1. The van der Waals surface area contributed by atoms with Gasteiger partial charge in [-0.2, -0.15) is 4.98 Å². The number of nitrogens with zero attached hydrogens (tertiary/aromatic N) is 4. The summed E-state index contributed by atoms with van der Waals surface area (Å²) >= 11 is 4.84. The maximum atomic E-state index is 15.1. The Kier molecular flexibility index (Phi) is 5.30. The first-order valence-electron chi connectivity index (χ1n) is 10.2. The number of aryl methyl sites for hydroxylation is 1. The van der Waals surface area contributed by atoms with Crippen LogP contribution in [0.4, 0.5) is 15.0 Å². The van der Waals surface area contributed by atoms with Crippen molar-refractivity contribution in [2.45, 2.75) is 64.5 Å². The van der Waals surface area contributed by atoms with E-state index < -0.39 is 5.60 Å². The van der Waals surface area contributed by atoms with Crippen molar-refractivity contribution < 1.29 is 13.9 Å². The van der Waals surface area contributed by atoms with Crippen LogP contribution in [0.25, 0.3) is 10.9 Å². The molecular formula is C21H27BrFN4O2S+. The molecule has 0 spiro atoms. The summed E-state index contributed by atoms with van der Waals surface area (Å²) in [6.07, 6.45) is -0.345. The molecule has 2 aromatic rings. The molecule has 1 unspecified atom stereocenters. The number of aromatic nitrogens is 2. The Bertz CT molecular complexity index is 1040. The van der Waals surface area contributed by atoms with E-state index in [2.05, 4.69) is 27.8 Å². The van der Waals surface area contributed by atoms with Crippen molar-refractivity contribution >= 4 is 50.5 Å². The SMILES string of the molecule is CCSc1nc([N+]23C[C@H]2N(C(=O)OC(C)(C)C)C[C@@H]3C)c2cc(C)c(Br)c(F)c2n1. The summed E-state index contributed by atoms with van der Waals surface area (Å²) in [7, 11) is 0. The van der Waals surface area contributed by atoms with Gasteiger partial charge in [0.1, 0.15) is 17.2 Å². The molecule has 1 amide bonds. The minimum atomic E-state index is -0.549. The topological polar surface area (TPSA) is 55.3 Å². The summed E-state index contributed by atoms with van der Waals surface area (Å²) < 4.78 is 21.7. The fourth-order valence-electron chi connectivity index (χ4n) is 4.35. The Balaban J connectivity index is 1.83. The molecule has 0 bridgehead atoms. The molecular weight excluding hydrogens is 471 g/mol. The molecule has 2 aliphatic heterocycles. The van der Waals surface area contributed by atoms with E-state index in [9.17, 15) is 4.79 Å². The van der Waals surface area contributed by atoms with Crippen LogP contribution in [0.15, 0.2) is 15.7 Å². The van der Waals surface area contributed by atoms with Crippen LogP contribution in [0.2, 0.25) is 0 Å². The molecule has 2 aliphatic rings. The molecule has 1 aromatic carbocycles. The van der Waals surface area contributed by atoms with Crippen molar-refractivity contribution in [3.63, 3.8) is 0 Å². The van der Waals surface area contributed by atoms with E-state index in [1.807, 2.05) is 40.7 Å². The highest BCUT2D eigenvalue weighted by atomic mass is 79.9. The Morgan fingerprint density at radius 1 is 1.43 bits per heavy atom. The third-order valence-corrected chi connectivity index (χ3v) is 7.48. The van der Waals surface area contributed by atoms with E-state index in [0.717, 1.165) is 23.7 Å². The number of fused-ring (bicyclic) bond motifs is 2. The van der Waals surface area contributed by atoms with Gasteiger partial charge >= 0.3 is 6.09 Å². The number of rotatable bonds is 3. The Morgan fingerprint density at radius 3 is 2.73 bits per heavy atom. The van der Waals surface area contributed by atoms with Gasteiger partial charge in [0.25, 0.3) is 0 Å². The zero-order valence-electron chi connectivity index (χ0n) is 18.1. The lowest BCUT2D eigenvalue weighted by Gasteiger charge is -2.23. The normalized spacial score (nSPS) is 25.5. The first kappa shape index (κ1) is 21.8. The van der Waals surface area contributed by atoms with Crippen LogP contribution < -0.4 is 4.48 Å². The lowest BCUT2D eigenvalue weighted by atomic mass is 10.1. The predicted octanol–water partition coefficient (Wildman–Crippen LogP) is 5.24. The van der Waals surface area contributed by atoms with Gasteiger partial charge in [-0.3, -0.25) is 0 Å². The molecule has 3 atom stereocenters. The quantitative estimate of drug-likeness (QED) is 0.251. The second kappa shape index (κ2) is 7.31. The lowest BCUT2D eigenvalue weighted by molar-refractivity contribution is 0.0262. The maximum absolute atomic E-state index is 15.1. The van der Waals surface area contributed by atoms with Crippen LogP contribution in [0.5, 0.6) is 0 Å². The summed E-state index contributed by atoms with van der Waals surface area (Å²) in [5.41, 5.74) is 0.578. The number of benzene rings is 1. The second-order valence-electron chi connectivity index (χ2n) is 9.06. The van der Waals surface area contributed by atoms with Crippen LogP contribution in [-0.2, 0) is 4.74 Å². The molecule has 30 heavy (non-hydrogen) atoms. The van der Waals surface area contributed by atoms with Crippen molar-refractivity contribution in [1.29, 1.82) is 0 Å². The first-order chi connectivity index (χ1) is 14.0. The van der Waals surface area contributed by atoms with Gasteiger partial charge in [0.05, 0.1) is 16.4 Å². The Morgan fingerprint density at radius 2 is 2.13 bits per heavy atom. The average molecular weight is 498 g/mol. The zero-order chi connectivity index (χ0) is 22.0. The monoisotopic (exact) mass is 497 g/mol. The van der Waals surface area contributed by atoms with Gasteiger partial charge in [-0.25, -0.2) is 23.6 Å². The number of hydrogen-bond acceptors (Lipinski definition) is 5. The van der Waals surface area contributed by atoms with Gasteiger partial charge in [-0.05, 0) is 67.9 Å². The van der Waals surface area contributed by atoms with E-state index >= 15 is 4.39 Å². The Labute approximate surface area is 188 Å². The summed E-state index contributed by atoms with van der Waals surface area (Å²) in [5.74, 6) is 1.23. The molecule has 4 rings (SSSR count). The van der Waals surface area contributed by atoms with Crippen molar-refractivity contribution in [2.75, 3.05) is 18.8 Å². The molecule has 2 saturated heterocycles. The molecule has 0 N–H and O–H groups in total. The van der Waals surface area contributed by atoms with Crippen molar-refractivity contribution in [2.24, 2.45) is 0 Å². The van der Waals surface area contributed by atoms with E-state index in [1.165, 1.54) is 11.8 Å². The number of ether oxygens (including phenoxy) is 1. The number of halogens is 2. The number of thioether (sulfide) groups is 1. The van der Waals surface area contributed by atoms with Gasteiger partial charge in [0.2, 0.25) is 12.0 Å². The van der Waals surface area contributed by atoms with Crippen LogP contribution in [0.1, 0.15) is 40.2 Å². The molecule has 3 heterocycles. The van der Waals surface area contributed by atoms with Gasteiger partial charge < -0.3 is 4.74 Å². The van der Waals surface area contributed by atoms with E-state index in [0.29, 0.717) is 31.6 Å². The van der Waals surface area contributed by atoms with Crippen LogP contribution in [0, 0.1) is 12.7 Å².